The monoisotopic (exact) mass is 233 g/mol. The van der Waals surface area contributed by atoms with Crippen molar-refractivity contribution in [1.29, 1.82) is 0 Å². The Kier molecular flexibility index (Phi) is 2.97. The first-order valence-electron chi connectivity index (χ1n) is 4.78. The van der Waals surface area contributed by atoms with E-state index in [0.717, 1.165) is 0 Å². The van der Waals surface area contributed by atoms with Crippen molar-refractivity contribution in [3.8, 4) is 0 Å². The van der Waals surface area contributed by atoms with Crippen LogP contribution >= 0.6 is 0 Å². The maximum Gasteiger partial charge on any atom is 0.277 e. The van der Waals surface area contributed by atoms with E-state index in [1.807, 2.05) is 0 Å². The van der Waals surface area contributed by atoms with Crippen LogP contribution in [0.1, 0.15) is 10.5 Å². The first-order chi connectivity index (χ1) is 8.19. The largest absolute Gasteiger partial charge is 0.307 e. The number of hydrogen-bond donors (Lipinski definition) is 3. The Labute approximate surface area is 96.8 Å². The molecule has 0 unspecified atom stereocenters. The molecule has 2 aromatic rings. The smallest absolute Gasteiger partial charge is 0.277 e. The predicted molar refractivity (Wildman–Crippen MR) is 61.0 cm³/mol. The number of amides is 1. The molecule has 2 rings (SSSR count). The first kappa shape index (κ1) is 11.0. The lowest BCUT2D eigenvalue weighted by molar-refractivity contribution is 0.102. The van der Waals surface area contributed by atoms with Gasteiger partial charge in [-0.1, -0.05) is 0 Å². The summed E-state index contributed by atoms with van der Waals surface area (Å²) in [7, 11) is 1.76. The second-order valence-corrected chi connectivity index (χ2v) is 3.26. The molecule has 0 saturated heterocycles. The summed E-state index contributed by atoms with van der Waals surface area (Å²) in [4.78, 5) is 19.5. The molecule has 4 N–H and O–H groups in total. The highest BCUT2D eigenvalue weighted by Crippen LogP contribution is 2.05. The molecule has 2 heterocycles. The Morgan fingerprint density at radius 3 is 2.88 bits per heavy atom. The number of hydrazine groups is 1. The number of anilines is 2. The van der Waals surface area contributed by atoms with Gasteiger partial charge in [0.2, 0.25) is 0 Å². The Morgan fingerprint density at radius 2 is 2.24 bits per heavy atom. The van der Waals surface area contributed by atoms with Crippen molar-refractivity contribution in [2.24, 2.45) is 12.9 Å². The lowest BCUT2D eigenvalue weighted by Crippen LogP contribution is -2.17. The summed E-state index contributed by atoms with van der Waals surface area (Å²) in [6.07, 6.45) is 4.48. The standard InChI is InChI=1S/C9H11N7O/c1-16-3-2-7(15-16)13-9(17)6-4-11-5-8(12-6)14-10/h2-5H,10H2,1H3,(H,12,14)(H,13,15,17). The Balaban J connectivity index is 2.14. The van der Waals surface area contributed by atoms with Crippen LogP contribution in [-0.2, 0) is 7.05 Å². The van der Waals surface area contributed by atoms with E-state index < -0.39 is 5.91 Å². The molecule has 0 radical (unpaired) electrons. The normalized spacial score (nSPS) is 10.0. The Morgan fingerprint density at radius 1 is 1.41 bits per heavy atom. The summed E-state index contributed by atoms with van der Waals surface area (Å²) >= 11 is 0. The zero-order valence-electron chi connectivity index (χ0n) is 9.08. The van der Waals surface area contributed by atoms with Crippen molar-refractivity contribution in [2.45, 2.75) is 0 Å². The van der Waals surface area contributed by atoms with E-state index in [2.05, 4.69) is 25.8 Å². The van der Waals surface area contributed by atoms with Crippen LogP contribution in [0.25, 0.3) is 0 Å². The van der Waals surface area contributed by atoms with Gasteiger partial charge in [-0.15, -0.1) is 0 Å². The number of nitrogens with zero attached hydrogens (tertiary/aromatic N) is 4. The van der Waals surface area contributed by atoms with Crippen molar-refractivity contribution >= 4 is 17.5 Å². The summed E-state index contributed by atoms with van der Waals surface area (Å²) in [6, 6.07) is 1.68. The van der Waals surface area contributed by atoms with Gasteiger partial charge < -0.3 is 10.7 Å². The number of carbonyl (C=O) groups is 1. The number of aryl methyl sites for hydroxylation is 1. The van der Waals surface area contributed by atoms with E-state index in [9.17, 15) is 4.79 Å². The van der Waals surface area contributed by atoms with Gasteiger partial charge in [0, 0.05) is 19.3 Å². The van der Waals surface area contributed by atoms with Crippen molar-refractivity contribution in [2.75, 3.05) is 10.7 Å². The second-order valence-electron chi connectivity index (χ2n) is 3.26. The van der Waals surface area contributed by atoms with E-state index in [4.69, 9.17) is 5.84 Å². The van der Waals surface area contributed by atoms with Crippen molar-refractivity contribution < 1.29 is 4.79 Å². The highest BCUT2D eigenvalue weighted by molar-refractivity contribution is 6.02. The molecule has 8 nitrogen and oxygen atoms in total. The number of rotatable bonds is 3. The minimum Gasteiger partial charge on any atom is -0.307 e. The van der Waals surface area contributed by atoms with Crippen molar-refractivity contribution in [1.82, 2.24) is 19.7 Å². The Bertz CT molecular complexity index is 536. The van der Waals surface area contributed by atoms with Crippen LogP contribution in [-0.4, -0.2) is 25.7 Å². The average Bonchev–Trinajstić information content (AvgIpc) is 2.75. The summed E-state index contributed by atoms with van der Waals surface area (Å²) in [5.41, 5.74) is 2.48. The number of hydrogen-bond acceptors (Lipinski definition) is 6. The van der Waals surface area contributed by atoms with Crippen molar-refractivity contribution in [3.63, 3.8) is 0 Å². The zero-order chi connectivity index (χ0) is 12.3. The quantitative estimate of drug-likeness (QED) is 0.498. The minimum absolute atomic E-state index is 0.158. The van der Waals surface area contributed by atoms with E-state index in [1.165, 1.54) is 12.4 Å². The molecule has 0 aliphatic carbocycles. The molecule has 0 aliphatic rings. The average molecular weight is 233 g/mol. The minimum atomic E-state index is -0.395. The van der Waals surface area contributed by atoms with E-state index >= 15 is 0 Å². The fourth-order valence-electron chi connectivity index (χ4n) is 1.21. The van der Waals surface area contributed by atoms with Gasteiger partial charge in [-0.2, -0.15) is 5.10 Å². The van der Waals surface area contributed by atoms with Gasteiger partial charge in [0.25, 0.3) is 5.91 Å². The molecule has 88 valence electrons. The molecule has 17 heavy (non-hydrogen) atoms. The SMILES string of the molecule is Cn1ccc(NC(=O)c2cncc(NN)n2)n1. The molecule has 0 fully saturated rings. The van der Waals surface area contributed by atoms with E-state index in [1.54, 1.807) is 24.0 Å². The van der Waals surface area contributed by atoms with Gasteiger partial charge in [-0.3, -0.25) is 14.5 Å². The molecule has 1 amide bonds. The molecule has 0 aliphatic heterocycles. The van der Waals surface area contributed by atoms with Crippen LogP contribution in [0.4, 0.5) is 11.6 Å². The van der Waals surface area contributed by atoms with Crippen molar-refractivity contribution in [3.05, 3.63) is 30.4 Å². The first-order valence-corrected chi connectivity index (χ1v) is 4.78. The third kappa shape index (κ3) is 2.55. The van der Waals surface area contributed by atoms with Crippen LogP contribution in [0.3, 0.4) is 0 Å². The molecule has 0 atom stereocenters. The van der Waals surface area contributed by atoms with Crippen LogP contribution in [0.15, 0.2) is 24.7 Å². The highest BCUT2D eigenvalue weighted by atomic mass is 16.2. The van der Waals surface area contributed by atoms with Crippen LogP contribution < -0.4 is 16.6 Å². The topological polar surface area (TPSA) is 111 Å². The number of nitrogen functional groups attached to an aromatic ring is 1. The molecule has 0 bridgehead atoms. The molecule has 0 saturated carbocycles. The molecule has 0 aromatic carbocycles. The van der Waals surface area contributed by atoms with Gasteiger partial charge in [0.1, 0.15) is 5.69 Å². The Hall–Kier alpha value is -2.48. The number of carbonyl (C=O) groups excluding carboxylic acids is 1. The number of nitrogens with one attached hydrogen (secondary N) is 2. The summed E-state index contributed by atoms with van der Waals surface area (Å²) in [5, 5.41) is 6.60. The van der Waals surface area contributed by atoms with Gasteiger partial charge in [0.05, 0.1) is 12.4 Å². The maximum atomic E-state index is 11.8. The van der Waals surface area contributed by atoms with Crippen LogP contribution in [0, 0.1) is 0 Å². The second kappa shape index (κ2) is 4.58. The summed E-state index contributed by atoms with van der Waals surface area (Å²) in [6.45, 7) is 0. The lowest BCUT2D eigenvalue weighted by atomic mass is 10.4. The lowest BCUT2D eigenvalue weighted by Gasteiger charge is -2.02. The number of nitrogens with two attached hydrogens (primary N) is 1. The maximum absolute atomic E-state index is 11.8. The van der Waals surface area contributed by atoms with Gasteiger partial charge in [0.15, 0.2) is 11.6 Å². The molecule has 2 aromatic heterocycles. The van der Waals surface area contributed by atoms with Gasteiger partial charge >= 0.3 is 0 Å². The summed E-state index contributed by atoms with van der Waals surface area (Å²) < 4.78 is 1.58. The molecule has 8 heteroatoms. The third-order valence-electron chi connectivity index (χ3n) is 1.97. The zero-order valence-corrected chi connectivity index (χ0v) is 9.08. The van der Waals surface area contributed by atoms with Gasteiger partial charge in [-0.25, -0.2) is 10.8 Å². The van der Waals surface area contributed by atoms with Crippen LogP contribution in [0.2, 0.25) is 0 Å². The predicted octanol–water partition coefficient (Wildman–Crippen LogP) is -0.252. The molecule has 0 spiro atoms. The van der Waals surface area contributed by atoms with Gasteiger partial charge in [-0.05, 0) is 0 Å². The van der Waals surface area contributed by atoms with E-state index in [-0.39, 0.29) is 5.69 Å². The molecular formula is C9H11N7O. The number of aromatic nitrogens is 4. The summed E-state index contributed by atoms with van der Waals surface area (Å²) in [5.74, 6) is 5.55. The highest BCUT2D eigenvalue weighted by Gasteiger charge is 2.10. The third-order valence-corrected chi connectivity index (χ3v) is 1.97. The van der Waals surface area contributed by atoms with E-state index in [0.29, 0.717) is 11.6 Å². The molecular weight excluding hydrogens is 222 g/mol. The fraction of sp³-hybridized carbons (Fsp3) is 0.111. The fourth-order valence-corrected chi connectivity index (χ4v) is 1.21. The van der Waals surface area contributed by atoms with Crippen LogP contribution in [0.5, 0.6) is 0 Å².